The molecule has 36 valence electrons. The van der Waals surface area contributed by atoms with Gasteiger partial charge in [-0.2, -0.15) is 0 Å². The van der Waals surface area contributed by atoms with Gasteiger partial charge in [0.2, 0.25) is 0 Å². The Bertz CT molecular complexity index is 53.7. The molecule has 0 aliphatic heterocycles. The fraction of sp³-hybridized carbons (Fsp3) is 0. The van der Waals surface area contributed by atoms with Crippen LogP contribution < -0.4 is 0 Å². The minimum atomic E-state index is -5.12. The van der Waals surface area contributed by atoms with Crippen molar-refractivity contribution in [1.82, 2.24) is 0 Å². The molecule has 0 aliphatic carbocycles. The molecule has 6 heteroatoms. The third-order valence-corrected chi connectivity index (χ3v) is 0. The summed E-state index contributed by atoms with van der Waals surface area (Å²) in [5.41, 5.74) is 0. The third kappa shape index (κ3) is 70.2. The largest absolute Gasteiger partial charge is 0 e. The molecule has 6 heavy (non-hydrogen) atoms. The molecular formula is H3AsHfO4. The summed E-state index contributed by atoms with van der Waals surface area (Å²) in [5, 5.41) is 0. The minimum absolute atomic E-state index is 0. The maximum atomic E-state index is 8.94. The van der Waals surface area contributed by atoms with Gasteiger partial charge in [0.05, 0.1) is 0 Å². The van der Waals surface area contributed by atoms with Crippen LogP contribution in [0.15, 0.2) is 0 Å². The van der Waals surface area contributed by atoms with Crippen LogP contribution in [0.4, 0.5) is 0 Å². The van der Waals surface area contributed by atoms with Crippen molar-refractivity contribution in [3.05, 3.63) is 0 Å². The average Bonchev–Trinajstić information content (AvgIpc) is 0.722. The Labute approximate surface area is 56.3 Å². The van der Waals surface area contributed by atoms with Crippen molar-refractivity contribution in [2.24, 2.45) is 0 Å². The zero-order valence-corrected chi connectivity index (χ0v) is 8.17. The van der Waals surface area contributed by atoms with E-state index in [9.17, 15) is 0 Å². The van der Waals surface area contributed by atoms with Gasteiger partial charge >= 0.3 is 30.5 Å². The first kappa shape index (κ1) is 10.2. The first-order valence-electron chi connectivity index (χ1n) is 0.783. The van der Waals surface area contributed by atoms with Gasteiger partial charge in [0.15, 0.2) is 0 Å². The van der Waals surface area contributed by atoms with Gasteiger partial charge in [-0.3, -0.25) is 0 Å². The molecule has 0 atom stereocenters. The van der Waals surface area contributed by atoms with E-state index in [4.69, 9.17) is 16.0 Å². The molecule has 0 aromatic carbocycles. The summed E-state index contributed by atoms with van der Waals surface area (Å²) in [7, 11) is 0. The van der Waals surface area contributed by atoms with Gasteiger partial charge in [0.25, 0.3) is 0 Å². The van der Waals surface area contributed by atoms with Gasteiger partial charge in [0.1, 0.15) is 0 Å². The van der Waals surface area contributed by atoms with Crippen LogP contribution in [-0.2, 0) is 29.6 Å². The van der Waals surface area contributed by atoms with Gasteiger partial charge in [0, 0.05) is 25.8 Å². The van der Waals surface area contributed by atoms with Crippen molar-refractivity contribution in [3.63, 3.8) is 0 Å². The monoisotopic (exact) mass is 322 g/mol. The van der Waals surface area contributed by atoms with Crippen molar-refractivity contribution in [3.8, 4) is 0 Å². The van der Waals surface area contributed by atoms with Crippen LogP contribution in [0.25, 0.3) is 0 Å². The number of rotatable bonds is 0. The first-order valence-corrected chi connectivity index (χ1v) is 4.07. The summed E-state index contributed by atoms with van der Waals surface area (Å²) in [6.45, 7) is 0. The van der Waals surface area contributed by atoms with Crippen molar-refractivity contribution in [1.29, 1.82) is 0 Å². The predicted octanol–water partition coefficient (Wildman–Crippen LogP) is -2.17. The zero-order valence-electron chi connectivity index (χ0n) is 2.70. The Morgan fingerprint density at radius 2 is 1.17 bits per heavy atom. The quantitative estimate of drug-likeness (QED) is 0.444. The zero-order chi connectivity index (χ0) is 4.50. The molecule has 0 aliphatic rings. The van der Waals surface area contributed by atoms with E-state index < -0.39 is 14.5 Å². The van der Waals surface area contributed by atoms with E-state index in [2.05, 4.69) is 0 Å². The molecule has 0 fully saturated rings. The fourth-order valence-electron chi connectivity index (χ4n) is 0. The standard InChI is InChI=1S/AsH3O4.Hf/c2-1(3,4)5;/h(H3,2,3,4,5);. The van der Waals surface area contributed by atoms with Crippen molar-refractivity contribution in [2.45, 2.75) is 0 Å². The Balaban J connectivity index is 0. The molecule has 0 bridgehead atoms. The van der Waals surface area contributed by atoms with E-state index in [0.717, 1.165) is 0 Å². The van der Waals surface area contributed by atoms with Gasteiger partial charge in [-0.1, -0.05) is 0 Å². The molecule has 3 N–H and O–H groups in total. The molecule has 0 radical (unpaired) electrons. The molecule has 0 heterocycles. The molecule has 0 saturated heterocycles. The van der Waals surface area contributed by atoms with Crippen LogP contribution in [0.2, 0.25) is 0 Å². The van der Waals surface area contributed by atoms with Gasteiger partial charge < -0.3 is 0 Å². The summed E-state index contributed by atoms with van der Waals surface area (Å²) in [5.74, 6) is 0. The van der Waals surface area contributed by atoms with E-state index in [0.29, 0.717) is 0 Å². The molecule has 0 unspecified atom stereocenters. The maximum absolute atomic E-state index is 8.94. The smallest absolute Gasteiger partial charge is 0 e. The van der Waals surface area contributed by atoms with Crippen molar-refractivity contribution >= 4 is 14.5 Å². The van der Waals surface area contributed by atoms with E-state index >= 15 is 0 Å². The Hall–Kier alpha value is 1.11. The molecule has 4 nitrogen and oxygen atoms in total. The summed E-state index contributed by atoms with van der Waals surface area (Å²) in [4.78, 5) is 0. The van der Waals surface area contributed by atoms with Gasteiger partial charge in [-0.05, 0) is 0 Å². The van der Waals surface area contributed by atoms with Crippen LogP contribution in [0.5, 0.6) is 0 Å². The fourth-order valence-corrected chi connectivity index (χ4v) is 0. The van der Waals surface area contributed by atoms with E-state index in [1.165, 1.54) is 0 Å². The van der Waals surface area contributed by atoms with Crippen LogP contribution in [0.3, 0.4) is 0 Å². The first-order chi connectivity index (χ1) is 2.00. The maximum Gasteiger partial charge on any atom is 0 e. The second kappa shape index (κ2) is 3.15. The van der Waals surface area contributed by atoms with Gasteiger partial charge in [-0.25, -0.2) is 0 Å². The van der Waals surface area contributed by atoms with Crippen molar-refractivity contribution < 1.29 is 41.9 Å². The van der Waals surface area contributed by atoms with Crippen LogP contribution in [0.1, 0.15) is 0 Å². The molecular weight excluding hydrogens is 317 g/mol. The average molecular weight is 320 g/mol. The van der Waals surface area contributed by atoms with E-state index in [1.54, 1.807) is 0 Å². The van der Waals surface area contributed by atoms with Crippen molar-refractivity contribution in [2.75, 3.05) is 0 Å². The Kier molecular flexibility index (Phi) is 5.34. The molecule has 0 saturated carbocycles. The number of hydrogen-bond acceptors (Lipinski definition) is 1. The SMILES string of the molecule is O=[As](O)(O)O.[Hf]. The molecule has 0 amide bonds. The summed E-state index contributed by atoms with van der Waals surface area (Å²) < 4.78 is 30.7. The van der Waals surface area contributed by atoms with Gasteiger partial charge in [-0.15, -0.1) is 0 Å². The minimum Gasteiger partial charge on any atom is 0 e. The Morgan fingerprint density at radius 1 is 1.17 bits per heavy atom. The normalized spacial score (nSPS) is 9.83. The number of hydrogen-bond donors (Lipinski definition) is 3. The van der Waals surface area contributed by atoms with E-state index in [1.807, 2.05) is 0 Å². The van der Waals surface area contributed by atoms with E-state index in [-0.39, 0.29) is 25.8 Å². The van der Waals surface area contributed by atoms with Crippen LogP contribution in [-0.4, -0.2) is 26.8 Å². The molecule has 0 spiro atoms. The molecule has 0 aromatic rings. The summed E-state index contributed by atoms with van der Waals surface area (Å²) >= 11 is -5.12. The summed E-state index contributed by atoms with van der Waals surface area (Å²) in [6, 6.07) is 0. The molecule has 0 aromatic heterocycles. The van der Waals surface area contributed by atoms with Crippen LogP contribution >= 0.6 is 0 Å². The topological polar surface area (TPSA) is 77.8 Å². The predicted molar refractivity (Wildman–Crippen MR) is 13.1 cm³/mol. The molecule has 0 rings (SSSR count). The Morgan fingerprint density at radius 3 is 1.17 bits per heavy atom. The second-order valence-electron chi connectivity index (χ2n) is 0.513. The third-order valence-electron chi connectivity index (χ3n) is 0. The van der Waals surface area contributed by atoms with Crippen LogP contribution in [0, 0.1) is 0 Å². The summed E-state index contributed by atoms with van der Waals surface area (Å²) in [6.07, 6.45) is 0. The second-order valence-corrected chi connectivity index (χ2v) is 2.67.